The molecule has 0 saturated heterocycles. The monoisotopic (exact) mass is 263 g/mol. The highest BCUT2D eigenvalue weighted by Crippen LogP contribution is 2.31. The number of rotatable bonds is 6. The highest BCUT2D eigenvalue weighted by atomic mass is 16.5. The number of nitrogens with one attached hydrogen (secondary N) is 1. The van der Waals surface area contributed by atoms with Crippen LogP contribution in [0, 0.1) is 6.92 Å². The summed E-state index contributed by atoms with van der Waals surface area (Å²) in [6.45, 7) is 2.65. The van der Waals surface area contributed by atoms with E-state index in [-0.39, 0.29) is 6.61 Å². The van der Waals surface area contributed by atoms with Gasteiger partial charge in [-0.15, -0.1) is 10.2 Å². The SMILES string of the molecule is CNCc1cccc(OC)c1OCc1nnc(C)o1. The number of aryl methyl sites for hydroxylation is 1. The van der Waals surface area contributed by atoms with Crippen molar-refractivity contribution >= 4 is 0 Å². The Labute approximate surface area is 111 Å². The van der Waals surface area contributed by atoms with Crippen LogP contribution in [-0.2, 0) is 13.2 Å². The van der Waals surface area contributed by atoms with Gasteiger partial charge in [-0.25, -0.2) is 0 Å². The highest BCUT2D eigenvalue weighted by molar-refractivity contribution is 5.46. The van der Waals surface area contributed by atoms with E-state index in [1.54, 1.807) is 14.0 Å². The number of hydrogen-bond donors (Lipinski definition) is 1. The van der Waals surface area contributed by atoms with Gasteiger partial charge in [-0.05, 0) is 13.1 Å². The topological polar surface area (TPSA) is 69.4 Å². The van der Waals surface area contributed by atoms with Crippen molar-refractivity contribution < 1.29 is 13.9 Å². The fourth-order valence-corrected chi connectivity index (χ4v) is 1.75. The third-order valence-corrected chi connectivity index (χ3v) is 2.56. The Balaban J connectivity index is 2.17. The molecule has 0 bridgehead atoms. The minimum absolute atomic E-state index is 0.220. The van der Waals surface area contributed by atoms with Crippen molar-refractivity contribution in [2.45, 2.75) is 20.1 Å². The number of aromatic nitrogens is 2. The molecule has 0 amide bonds. The molecule has 2 aromatic rings. The number of para-hydroxylation sites is 1. The van der Waals surface area contributed by atoms with Crippen LogP contribution in [0.1, 0.15) is 17.3 Å². The van der Waals surface area contributed by atoms with Gasteiger partial charge in [0.2, 0.25) is 5.89 Å². The van der Waals surface area contributed by atoms with Crippen molar-refractivity contribution in [2.75, 3.05) is 14.2 Å². The average Bonchev–Trinajstić information content (AvgIpc) is 2.83. The first-order valence-corrected chi connectivity index (χ1v) is 5.97. The zero-order chi connectivity index (χ0) is 13.7. The van der Waals surface area contributed by atoms with Gasteiger partial charge in [0.25, 0.3) is 5.89 Å². The summed E-state index contributed by atoms with van der Waals surface area (Å²) in [6, 6.07) is 5.76. The molecule has 1 aromatic heterocycles. The van der Waals surface area contributed by atoms with Gasteiger partial charge < -0.3 is 19.2 Å². The quantitative estimate of drug-likeness (QED) is 0.855. The van der Waals surface area contributed by atoms with Crippen LogP contribution in [0.15, 0.2) is 22.6 Å². The van der Waals surface area contributed by atoms with E-state index >= 15 is 0 Å². The maximum Gasteiger partial charge on any atom is 0.253 e. The Morgan fingerprint density at radius 3 is 2.79 bits per heavy atom. The van der Waals surface area contributed by atoms with Crippen molar-refractivity contribution in [3.63, 3.8) is 0 Å². The summed E-state index contributed by atoms with van der Waals surface area (Å²) < 4.78 is 16.3. The Morgan fingerprint density at radius 2 is 2.16 bits per heavy atom. The largest absolute Gasteiger partial charge is 0.493 e. The molecular weight excluding hydrogens is 246 g/mol. The van der Waals surface area contributed by atoms with E-state index in [1.807, 2.05) is 25.2 Å². The van der Waals surface area contributed by atoms with Crippen LogP contribution < -0.4 is 14.8 Å². The van der Waals surface area contributed by atoms with Crippen LogP contribution in [-0.4, -0.2) is 24.4 Å². The van der Waals surface area contributed by atoms with E-state index in [0.29, 0.717) is 29.8 Å². The molecule has 0 aliphatic heterocycles. The lowest BCUT2D eigenvalue weighted by atomic mass is 10.2. The summed E-state index contributed by atoms with van der Waals surface area (Å²) in [7, 11) is 3.49. The summed E-state index contributed by atoms with van der Waals surface area (Å²) in [5, 5.41) is 10.7. The Morgan fingerprint density at radius 1 is 1.32 bits per heavy atom. The Bertz CT molecular complexity index is 540. The minimum atomic E-state index is 0.220. The molecule has 0 aliphatic rings. The molecule has 1 aromatic carbocycles. The van der Waals surface area contributed by atoms with Crippen LogP contribution in [0.2, 0.25) is 0 Å². The molecule has 19 heavy (non-hydrogen) atoms. The number of nitrogens with zero attached hydrogens (tertiary/aromatic N) is 2. The van der Waals surface area contributed by atoms with Crippen molar-refractivity contribution in [3.8, 4) is 11.5 Å². The maximum atomic E-state index is 5.75. The molecule has 1 N–H and O–H groups in total. The maximum absolute atomic E-state index is 5.75. The molecule has 0 aliphatic carbocycles. The molecule has 102 valence electrons. The number of hydrogen-bond acceptors (Lipinski definition) is 6. The zero-order valence-corrected chi connectivity index (χ0v) is 11.3. The van der Waals surface area contributed by atoms with Gasteiger partial charge in [0.05, 0.1) is 7.11 Å². The number of ether oxygens (including phenoxy) is 2. The molecule has 0 spiro atoms. The summed E-state index contributed by atoms with van der Waals surface area (Å²) in [5.41, 5.74) is 1.01. The third kappa shape index (κ3) is 3.23. The second-order valence-electron chi connectivity index (χ2n) is 3.98. The second-order valence-corrected chi connectivity index (χ2v) is 3.98. The van der Waals surface area contributed by atoms with Gasteiger partial charge in [0.1, 0.15) is 0 Å². The Hall–Kier alpha value is -2.08. The van der Waals surface area contributed by atoms with E-state index in [0.717, 1.165) is 5.56 Å². The van der Waals surface area contributed by atoms with E-state index in [4.69, 9.17) is 13.9 Å². The fourth-order valence-electron chi connectivity index (χ4n) is 1.75. The van der Waals surface area contributed by atoms with Crippen LogP contribution >= 0.6 is 0 Å². The first-order valence-electron chi connectivity index (χ1n) is 5.97. The summed E-state index contributed by atoms with van der Waals surface area (Å²) in [4.78, 5) is 0. The first kappa shape index (κ1) is 13.4. The molecule has 2 rings (SSSR count). The third-order valence-electron chi connectivity index (χ3n) is 2.56. The molecular formula is C13H17N3O3. The van der Waals surface area contributed by atoms with Crippen LogP contribution in [0.4, 0.5) is 0 Å². The van der Waals surface area contributed by atoms with E-state index in [2.05, 4.69) is 15.5 Å². The van der Waals surface area contributed by atoms with Gasteiger partial charge in [-0.2, -0.15) is 0 Å². The smallest absolute Gasteiger partial charge is 0.253 e. The molecule has 0 radical (unpaired) electrons. The lowest BCUT2D eigenvalue weighted by molar-refractivity contribution is 0.245. The molecule has 0 saturated carbocycles. The molecule has 0 unspecified atom stereocenters. The normalized spacial score (nSPS) is 10.5. The van der Waals surface area contributed by atoms with Crippen LogP contribution in [0.25, 0.3) is 0 Å². The van der Waals surface area contributed by atoms with Gasteiger partial charge in [-0.3, -0.25) is 0 Å². The lowest BCUT2D eigenvalue weighted by Gasteiger charge is -2.13. The minimum Gasteiger partial charge on any atom is -0.493 e. The second kappa shape index (κ2) is 6.19. The van der Waals surface area contributed by atoms with Gasteiger partial charge in [0, 0.05) is 19.0 Å². The molecule has 1 heterocycles. The van der Waals surface area contributed by atoms with E-state index < -0.39 is 0 Å². The molecule has 0 fully saturated rings. The Kier molecular flexibility index (Phi) is 4.35. The standard InChI is InChI=1S/C13H17N3O3/c1-9-15-16-12(19-9)8-18-13-10(7-14-2)5-4-6-11(13)17-3/h4-6,14H,7-8H2,1-3H3. The predicted octanol–water partition coefficient (Wildman–Crippen LogP) is 1.69. The van der Waals surface area contributed by atoms with Crippen LogP contribution in [0.3, 0.4) is 0 Å². The van der Waals surface area contributed by atoms with Crippen molar-refractivity contribution in [3.05, 3.63) is 35.5 Å². The number of benzene rings is 1. The lowest BCUT2D eigenvalue weighted by Crippen LogP contribution is -2.08. The highest BCUT2D eigenvalue weighted by Gasteiger charge is 2.12. The average molecular weight is 263 g/mol. The van der Waals surface area contributed by atoms with Crippen molar-refractivity contribution in [1.29, 1.82) is 0 Å². The molecule has 6 heteroatoms. The van der Waals surface area contributed by atoms with Gasteiger partial charge in [0.15, 0.2) is 18.1 Å². The van der Waals surface area contributed by atoms with Crippen molar-refractivity contribution in [2.24, 2.45) is 0 Å². The summed E-state index contributed by atoms with van der Waals surface area (Å²) in [6.07, 6.45) is 0. The number of methoxy groups -OCH3 is 1. The van der Waals surface area contributed by atoms with E-state index in [1.165, 1.54) is 0 Å². The van der Waals surface area contributed by atoms with E-state index in [9.17, 15) is 0 Å². The van der Waals surface area contributed by atoms with Gasteiger partial charge in [-0.1, -0.05) is 12.1 Å². The first-order chi connectivity index (χ1) is 9.24. The predicted molar refractivity (Wildman–Crippen MR) is 69.1 cm³/mol. The zero-order valence-electron chi connectivity index (χ0n) is 11.3. The van der Waals surface area contributed by atoms with Gasteiger partial charge >= 0.3 is 0 Å². The summed E-state index contributed by atoms with van der Waals surface area (Å²) >= 11 is 0. The van der Waals surface area contributed by atoms with Crippen LogP contribution in [0.5, 0.6) is 11.5 Å². The molecule has 6 nitrogen and oxygen atoms in total. The van der Waals surface area contributed by atoms with Crippen molar-refractivity contribution in [1.82, 2.24) is 15.5 Å². The fraction of sp³-hybridized carbons (Fsp3) is 0.385. The summed E-state index contributed by atoms with van der Waals surface area (Å²) in [5.74, 6) is 2.34. The molecule has 0 atom stereocenters.